The largest absolute Gasteiger partial charge is 0.480 e. The lowest BCUT2D eigenvalue weighted by Gasteiger charge is -2.27. The molecule has 0 saturated carbocycles. The van der Waals surface area contributed by atoms with E-state index in [0.717, 1.165) is 0 Å². The second-order valence-corrected chi connectivity index (χ2v) is 4.73. The van der Waals surface area contributed by atoms with Gasteiger partial charge in [0.05, 0.1) is 5.57 Å². The smallest absolute Gasteiger partial charge is 0.303 e. The number of hydrogen-bond donors (Lipinski definition) is 3. The molecule has 1 atom stereocenters. The van der Waals surface area contributed by atoms with Gasteiger partial charge in [0, 0.05) is 0 Å². The number of benzene rings is 2. The average molecular weight is 282 g/mol. The lowest BCUT2D eigenvalue weighted by Crippen LogP contribution is -2.50. The highest BCUT2D eigenvalue weighted by atomic mass is 16.7. The van der Waals surface area contributed by atoms with Crippen LogP contribution in [0.1, 0.15) is 11.1 Å². The molecule has 5 heteroatoms. The third kappa shape index (κ3) is 1.95. The number of carbonyl (C=O) groups is 1. The Labute approximate surface area is 121 Å². The van der Waals surface area contributed by atoms with Crippen molar-refractivity contribution < 1.29 is 14.7 Å². The van der Waals surface area contributed by atoms with Crippen LogP contribution in [0.4, 0.5) is 0 Å². The molecule has 1 amide bonds. The fourth-order valence-corrected chi connectivity index (χ4v) is 2.54. The molecule has 5 nitrogen and oxygen atoms in total. The van der Waals surface area contributed by atoms with Crippen LogP contribution < -0.4 is 11.2 Å². The minimum absolute atomic E-state index is 0.307. The van der Waals surface area contributed by atoms with Gasteiger partial charge < -0.3 is 15.7 Å². The van der Waals surface area contributed by atoms with E-state index in [1.807, 2.05) is 24.3 Å². The first kappa shape index (κ1) is 13.2. The number of carbonyl (C=O) groups excluding carboxylic acids is 1. The number of hydroxylamine groups is 1. The van der Waals surface area contributed by atoms with Gasteiger partial charge in [-0.2, -0.15) is 0 Å². The zero-order chi connectivity index (χ0) is 14.9. The fraction of sp³-hybridized carbons (Fsp3) is 0.0625. The predicted octanol–water partition coefficient (Wildman–Crippen LogP) is 1.83. The van der Waals surface area contributed by atoms with Gasteiger partial charge in [0.15, 0.2) is 5.54 Å². The second kappa shape index (κ2) is 4.96. The molecule has 4 N–H and O–H groups in total. The molecule has 3 rings (SSSR count). The molecular weight excluding hydrogens is 268 g/mol. The number of rotatable bonds is 3. The van der Waals surface area contributed by atoms with Crippen molar-refractivity contribution >= 4 is 11.5 Å². The van der Waals surface area contributed by atoms with Crippen LogP contribution in [0.25, 0.3) is 5.57 Å². The summed E-state index contributed by atoms with van der Waals surface area (Å²) in [5, 5.41) is 10.1. The Morgan fingerprint density at radius 1 is 1.05 bits per heavy atom. The zero-order valence-electron chi connectivity index (χ0n) is 11.1. The summed E-state index contributed by atoms with van der Waals surface area (Å²) in [5.74, 6) is -1.01. The van der Waals surface area contributed by atoms with Crippen molar-refractivity contribution in [3.63, 3.8) is 0 Å². The first-order valence-electron chi connectivity index (χ1n) is 6.45. The third-order valence-electron chi connectivity index (χ3n) is 3.53. The van der Waals surface area contributed by atoms with Crippen LogP contribution in [0.5, 0.6) is 0 Å². The van der Waals surface area contributed by atoms with Gasteiger partial charge in [0.2, 0.25) is 0 Å². The summed E-state index contributed by atoms with van der Waals surface area (Å²) < 4.78 is 0. The Morgan fingerprint density at radius 3 is 2.19 bits per heavy atom. The van der Waals surface area contributed by atoms with E-state index in [-0.39, 0.29) is 5.95 Å². The molecule has 2 aromatic rings. The first-order valence-corrected chi connectivity index (χ1v) is 6.45. The summed E-state index contributed by atoms with van der Waals surface area (Å²) in [4.78, 5) is 17.2. The minimum Gasteiger partial charge on any atom is -0.480 e. The normalized spacial score (nSPS) is 21.1. The van der Waals surface area contributed by atoms with Gasteiger partial charge in [0.1, 0.15) is 0 Å². The van der Waals surface area contributed by atoms with Crippen molar-refractivity contribution in [3.8, 4) is 0 Å². The topological polar surface area (TPSA) is 84.6 Å². The maximum atomic E-state index is 12.2. The monoisotopic (exact) mass is 282 g/mol. The van der Waals surface area contributed by atoms with Crippen molar-refractivity contribution in [2.75, 3.05) is 0 Å². The Balaban J connectivity index is 2.24. The lowest BCUT2D eigenvalue weighted by atomic mass is 9.80. The second-order valence-electron chi connectivity index (χ2n) is 4.73. The summed E-state index contributed by atoms with van der Waals surface area (Å²) in [5.41, 5.74) is 8.35. The molecule has 0 radical (unpaired) electrons. The van der Waals surface area contributed by atoms with E-state index >= 15 is 0 Å². The van der Waals surface area contributed by atoms with Crippen LogP contribution in [0.15, 0.2) is 66.6 Å². The summed E-state index contributed by atoms with van der Waals surface area (Å²) in [6.07, 6.45) is 0. The molecule has 0 spiro atoms. The van der Waals surface area contributed by atoms with Crippen molar-refractivity contribution in [2.24, 2.45) is 5.73 Å². The van der Waals surface area contributed by atoms with Gasteiger partial charge >= 0.3 is 5.95 Å². The van der Waals surface area contributed by atoms with E-state index in [0.29, 0.717) is 16.7 Å². The number of primary amides is 1. The molecule has 0 aliphatic carbocycles. The molecule has 2 aromatic carbocycles. The minimum atomic E-state index is -1.42. The molecule has 0 bridgehead atoms. The maximum Gasteiger partial charge on any atom is 0.303 e. The standard InChI is InChI=1S/C16H14N2O3/c17-15(20)16(12-9-5-2-6-10-12)13(14(19)21-18-16)11-7-3-1-4-8-11/h1-10,18-19H,(H2,17,20)/t16-/m1/s1. The van der Waals surface area contributed by atoms with Crippen LogP contribution in [0.3, 0.4) is 0 Å². The summed E-state index contributed by atoms with van der Waals surface area (Å²) in [6.45, 7) is 0. The first-order chi connectivity index (χ1) is 10.2. The maximum absolute atomic E-state index is 12.2. The molecule has 0 aromatic heterocycles. The number of aliphatic hydroxyl groups excluding tert-OH is 1. The Kier molecular flexibility index (Phi) is 3.12. The van der Waals surface area contributed by atoms with Gasteiger partial charge in [-0.05, 0) is 11.1 Å². The van der Waals surface area contributed by atoms with Gasteiger partial charge in [-0.1, -0.05) is 60.7 Å². The van der Waals surface area contributed by atoms with Crippen molar-refractivity contribution in [1.82, 2.24) is 5.48 Å². The number of nitrogens with two attached hydrogens (primary N) is 1. The molecule has 0 fully saturated rings. The number of aliphatic hydroxyl groups is 1. The van der Waals surface area contributed by atoms with Gasteiger partial charge in [-0.15, -0.1) is 5.48 Å². The Morgan fingerprint density at radius 2 is 1.62 bits per heavy atom. The average Bonchev–Trinajstić information content (AvgIpc) is 2.87. The van der Waals surface area contributed by atoms with Gasteiger partial charge in [-0.3, -0.25) is 4.79 Å². The molecule has 0 unspecified atom stereocenters. The van der Waals surface area contributed by atoms with Crippen molar-refractivity contribution in [1.29, 1.82) is 0 Å². The zero-order valence-corrected chi connectivity index (χ0v) is 11.1. The molecule has 1 aliphatic rings. The van der Waals surface area contributed by atoms with E-state index in [9.17, 15) is 9.90 Å². The molecule has 21 heavy (non-hydrogen) atoms. The van der Waals surface area contributed by atoms with Crippen LogP contribution in [0, 0.1) is 0 Å². The van der Waals surface area contributed by atoms with Crippen LogP contribution >= 0.6 is 0 Å². The van der Waals surface area contributed by atoms with Gasteiger partial charge in [-0.25, -0.2) is 0 Å². The van der Waals surface area contributed by atoms with Crippen molar-refractivity contribution in [2.45, 2.75) is 5.54 Å². The summed E-state index contributed by atoms with van der Waals surface area (Å²) in [6, 6.07) is 17.9. The molecule has 106 valence electrons. The fourth-order valence-electron chi connectivity index (χ4n) is 2.54. The quantitative estimate of drug-likeness (QED) is 0.802. The third-order valence-corrected chi connectivity index (χ3v) is 3.53. The summed E-state index contributed by atoms with van der Waals surface area (Å²) >= 11 is 0. The molecule has 0 saturated heterocycles. The lowest BCUT2D eigenvalue weighted by molar-refractivity contribution is -0.126. The molecule has 1 aliphatic heterocycles. The van der Waals surface area contributed by atoms with Crippen LogP contribution in [-0.2, 0) is 15.2 Å². The number of nitrogens with one attached hydrogen (secondary N) is 1. The highest BCUT2D eigenvalue weighted by Crippen LogP contribution is 2.41. The Hall–Kier alpha value is -2.79. The van der Waals surface area contributed by atoms with E-state index in [1.165, 1.54) is 0 Å². The Bertz CT molecular complexity index is 698. The number of hydrogen-bond acceptors (Lipinski definition) is 4. The van der Waals surface area contributed by atoms with Gasteiger partial charge in [0.25, 0.3) is 5.91 Å². The number of amides is 1. The molecule has 1 heterocycles. The van der Waals surface area contributed by atoms with E-state index < -0.39 is 11.4 Å². The van der Waals surface area contributed by atoms with Crippen molar-refractivity contribution in [3.05, 3.63) is 77.7 Å². The van der Waals surface area contributed by atoms with Crippen LogP contribution in [-0.4, -0.2) is 11.0 Å². The summed E-state index contributed by atoms with van der Waals surface area (Å²) in [7, 11) is 0. The van der Waals surface area contributed by atoms with E-state index in [1.54, 1.807) is 36.4 Å². The van der Waals surface area contributed by atoms with Crippen LogP contribution in [0.2, 0.25) is 0 Å². The van der Waals surface area contributed by atoms with E-state index in [4.69, 9.17) is 10.6 Å². The highest BCUT2D eigenvalue weighted by molar-refractivity contribution is 6.01. The SMILES string of the molecule is NC(=O)[C@]1(c2ccccc2)NOC(O)=C1c1ccccc1. The predicted molar refractivity (Wildman–Crippen MR) is 77.5 cm³/mol. The van der Waals surface area contributed by atoms with E-state index in [2.05, 4.69) is 5.48 Å². The molecular formula is C16H14N2O3. The highest BCUT2D eigenvalue weighted by Gasteiger charge is 2.50.